The molecule has 1 aromatic heterocycles. The van der Waals surface area contributed by atoms with Crippen molar-refractivity contribution >= 4 is 11.6 Å². The maximum Gasteiger partial charge on any atom is 0.397 e. The minimum Gasteiger partial charge on any atom is -0.338 e. The number of hydrogen-bond acceptors (Lipinski definition) is 3. The first-order valence-electron chi connectivity index (χ1n) is 2.52. The van der Waals surface area contributed by atoms with Crippen molar-refractivity contribution in [1.29, 1.82) is 0 Å². The maximum atomic E-state index is 11.6. The predicted octanol–water partition coefficient (Wildman–Crippen LogP) is 1.83. The van der Waals surface area contributed by atoms with Gasteiger partial charge in [-0.25, -0.2) is 0 Å². The molecule has 0 N–H and O–H groups in total. The van der Waals surface area contributed by atoms with Crippen LogP contribution in [0.2, 0.25) is 5.28 Å². The molecule has 0 fully saturated rings. The summed E-state index contributed by atoms with van der Waals surface area (Å²) in [6, 6.07) is 0. The Morgan fingerprint density at radius 3 is 2.45 bits per heavy atom. The van der Waals surface area contributed by atoms with E-state index in [1.807, 2.05) is 0 Å². The Bertz CT molecular complexity index is 246. The van der Waals surface area contributed by atoms with Crippen molar-refractivity contribution in [2.24, 2.45) is 0 Å². The van der Waals surface area contributed by atoms with Gasteiger partial charge in [-0.3, -0.25) is 0 Å². The number of nitrogens with zero attached hydrogens (tertiary/aromatic N) is 2. The molecular formula is C4H2ClF3N2O. The van der Waals surface area contributed by atoms with Crippen LogP contribution in [0.5, 0.6) is 0 Å². The summed E-state index contributed by atoms with van der Waals surface area (Å²) in [4.78, 5) is 3.16. The van der Waals surface area contributed by atoms with Crippen LogP contribution in [0.3, 0.4) is 0 Å². The van der Waals surface area contributed by atoms with E-state index in [-0.39, 0.29) is 5.28 Å². The third-order valence-corrected chi connectivity index (χ3v) is 0.948. The lowest BCUT2D eigenvalue weighted by Crippen LogP contribution is -2.11. The van der Waals surface area contributed by atoms with Gasteiger partial charge in [-0.2, -0.15) is 18.2 Å². The highest BCUT2D eigenvalue weighted by Gasteiger charge is 2.30. The molecule has 1 rings (SSSR count). The second-order valence-electron chi connectivity index (χ2n) is 1.75. The zero-order valence-electron chi connectivity index (χ0n) is 5.02. The van der Waals surface area contributed by atoms with E-state index < -0.39 is 18.5 Å². The molecule has 0 atom stereocenters. The van der Waals surface area contributed by atoms with Crippen LogP contribution in [-0.4, -0.2) is 16.3 Å². The second kappa shape index (κ2) is 2.69. The molecule has 0 saturated heterocycles. The standard InChI is InChI=1S/C4H2ClF3N2O/c5-3-9-2(11-10-3)1-4(6,7)8/h1H2. The zero-order chi connectivity index (χ0) is 8.48. The Morgan fingerprint density at radius 2 is 2.09 bits per heavy atom. The molecule has 0 aliphatic heterocycles. The van der Waals surface area contributed by atoms with Crippen LogP contribution in [0.25, 0.3) is 0 Å². The first-order valence-corrected chi connectivity index (χ1v) is 2.90. The molecule has 0 spiro atoms. The van der Waals surface area contributed by atoms with E-state index in [0.717, 1.165) is 0 Å². The fourth-order valence-electron chi connectivity index (χ4n) is 0.477. The van der Waals surface area contributed by atoms with Gasteiger partial charge in [-0.15, -0.1) is 0 Å². The fourth-order valence-corrected chi connectivity index (χ4v) is 0.606. The molecule has 0 amide bonds. The Kier molecular flexibility index (Phi) is 2.03. The van der Waals surface area contributed by atoms with E-state index in [9.17, 15) is 13.2 Å². The van der Waals surface area contributed by atoms with Gasteiger partial charge < -0.3 is 4.52 Å². The van der Waals surface area contributed by atoms with Crippen LogP contribution >= 0.6 is 11.6 Å². The fraction of sp³-hybridized carbons (Fsp3) is 0.500. The Labute approximate surface area is 64.1 Å². The van der Waals surface area contributed by atoms with Crippen LogP contribution in [0, 0.1) is 0 Å². The summed E-state index contributed by atoms with van der Waals surface area (Å²) >= 11 is 5.11. The summed E-state index contributed by atoms with van der Waals surface area (Å²) in [5, 5.41) is 2.66. The molecule has 11 heavy (non-hydrogen) atoms. The van der Waals surface area contributed by atoms with Crippen LogP contribution in [0.15, 0.2) is 4.52 Å². The van der Waals surface area contributed by atoms with Crippen LogP contribution in [0.1, 0.15) is 5.89 Å². The first-order chi connectivity index (χ1) is 4.97. The number of halogens is 4. The van der Waals surface area contributed by atoms with E-state index in [1.165, 1.54) is 0 Å². The van der Waals surface area contributed by atoms with Gasteiger partial charge in [0.1, 0.15) is 6.42 Å². The van der Waals surface area contributed by atoms with Gasteiger partial charge in [-0.1, -0.05) is 0 Å². The van der Waals surface area contributed by atoms with Crippen molar-refractivity contribution in [3.05, 3.63) is 11.2 Å². The lowest BCUT2D eigenvalue weighted by Gasteiger charge is -1.99. The van der Waals surface area contributed by atoms with Gasteiger partial charge in [0.2, 0.25) is 5.89 Å². The van der Waals surface area contributed by atoms with Gasteiger partial charge in [0.15, 0.2) is 0 Å². The largest absolute Gasteiger partial charge is 0.397 e. The summed E-state index contributed by atoms with van der Waals surface area (Å²) in [7, 11) is 0. The molecule has 1 aromatic rings. The molecule has 0 unspecified atom stereocenters. The highest BCUT2D eigenvalue weighted by molar-refractivity contribution is 6.28. The molecule has 3 nitrogen and oxygen atoms in total. The summed E-state index contributed by atoms with van der Waals surface area (Å²) in [6.07, 6.45) is -5.58. The molecule has 0 aliphatic rings. The van der Waals surface area contributed by atoms with Gasteiger partial charge in [-0.05, 0) is 16.8 Å². The minimum atomic E-state index is -4.34. The van der Waals surface area contributed by atoms with E-state index in [1.54, 1.807) is 0 Å². The Morgan fingerprint density at radius 1 is 1.45 bits per heavy atom. The quantitative estimate of drug-likeness (QED) is 0.672. The molecule has 0 radical (unpaired) electrons. The van der Waals surface area contributed by atoms with E-state index in [2.05, 4.69) is 14.7 Å². The normalized spacial score (nSPS) is 12.0. The second-order valence-corrected chi connectivity index (χ2v) is 2.09. The van der Waals surface area contributed by atoms with Gasteiger partial charge in [0.05, 0.1) is 0 Å². The molecule has 0 bridgehead atoms. The van der Waals surface area contributed by atoms with Crippen molar-refractivity contribution in [2.45, 2.75) is 12.6 Å². The molecule has 1 heterocycles. The number of rotatable bonds is 1. The van der Waals surface area contributed by atoms with Gasteiger partial charge in [0, 0.05) is 0 Å². The lowest BCUT2D eigenvalue weighted by molar-refractivity contribution is -0.131. The number of hydrogen-bond donors (Lipinski definition) is 0. The average Bonchev–Trinajstić information content (AvgIpc) is 2.10. The topological polar surface area (TPSA) is 38.9 Å². The number of alkyl halides is 3. The minimum absolute atomic E-state index is 0.316. The third kappa shape index (κ3) is 2.75. The third-order valence-electron chi connectivity index (χ3n) is 0.795. The van der Waals surface area contributed by atoms with Gasteiger partial charge in [0.25, 0.3) is 5.28 Å². The van der Waals surface area contributed by atoms with Crippen molar-refractivity contribution in [1.82, 2.24) is 10.1 Å². The predicted molar refractivity (Wildman–Crippen MR) is 29.1 cm³/mol. The van der Waals surface area contributed by atoms with Crippen molar-refractivity contribution in [3.63, 3.8) is 0 Å². The summed E-state index contributed by atoms with van der Waals surface area (Å²) in [5.41, 5.74) is 0. The summed E-state index contributed by atoms with van der Waals surface area (Å²) in [6.45, 7) is 0. The molecule has 7 heteroatoms. The van der Waals surface area contributed by atoms with Crippen LogP contribution in [0.4, 0.5) is 13.2 Å². The summed E-state index contributed by atoms with van der Waals surface area (Å²) < 4.78 is 38.9. The van der Waals surface area contributed by atoms with E-state index in [4.69, 9.17) is 11.6 Å². The van der Waals surface area contributed by atoms with Gasteiger partial charge >= 0.3 is 6.18 Å². The van der Waals surface area contributed by atoms with Crippen molar-refractivity contribution in [2.75, 3.05) is 0 Å². The molecule has 0 saturated carbocycles. The average molecular weight is 187 g/mol. The zero-order valence-corrected chi connectivity index (χ0v) is 5.78. The Hall–Kier alpha value is -0.780. The van der Waals surface area contributed by atoms with Crippen molar-refractivity contribution < 1.29 is 17.7 Å². The Balaban J connectivity index is 2.65. The molecule has 0 aliphatic carbocycles. The lowest BCUT2D eigenvalue weighted by atomic mass is 10.4. The highest BCUT2D eigenvalue weighted by Crippen LogP contribution is 2.20. The van der Waals surface area contributed by atoms with Crippen molar-refractivity contribution in [3.8, 4) is 0 Å². The molecular weight excluding hydrogens is 185 g/mol. The SMILES string of the molecule is FC(F)(F)Cc1nc(Cl)no1. The first kappa shape index (κ1) is 8.32. The van der Waals surface area contributed by atoms with E-state index in [0.29, 0.717) is 0 Å². The van der Waals surface area contributed by atoms with Crippen LogP contribution in [-0.2, 0) is 6.42 Å². The highest BCUT2D eigenvalue weighted by atomic mass is 35.5. The maximum absolute atomic E-state index is 11.6. The van der Waals surface area contributed by atoms with E-state index >= 15 is 0 Å². The monoisotopic (exact) mass is 186 g/mol. The smallest absolute Gasteiger partial charge is 0.338 e. The number of aromatic nitrogens is 2. The van der Waals surface area contributed by atoms with Crippen LogP contribution < -0.4 is 0 Å². The molecule has 0 aromatic carbocycles. The molecule has 62 valence electrons. The summed E-state index contributed by atoms with van der Waals surface area (Å²) in [5.74, 6) is -0.525.